The van der Waals surface area contributed by atoms with E-state index in [1.165, 1.54) is 19.3 Å². The van der Waals surface area contributed by atoms with Gasteiger partial charge in [0.1, 0.15) is 0 Å². The fourth-order valence-corrected chi connectivity index (χ4v) is 6.59. The molecule has 3 nitrogen and oxygen atoms in total. The van der Waals surface area contributed by atoms with E-state index < -0.39 is 0 Å². The molecule has 0 radical (unpaired) electrons. The lowest BCUT2D eigenvalue weighted by Crippen LogP contribution is -2.58. The Labute approximate surface area is 128 Å². The number of amides is 1. The van der Waals surface area contributed by atoms with Crippen LogP contribution in [0, 0.1) is 22.7 Å². The molecule has 2 atom stereocenters. The quantitative estimate of drug-likeness (QED) is 0.821. The van der Waals surface area contributed by atoms with Gasteiger partial charge in [0.05, 0.1) is 5.41 Å². The molecule has 5 aliphatic carbocycles. The Morgan fingerprint density at radius 3 is 2.24 bits per heavy atom. The maximum Gasteiger partial charge on any atom is 0.226 e. The molecule has 0 saturated heterocycles. The zero-order chi connectivity index (χ0) is 14.7. The Hall–Kier alpha value is -0.570. The van der Waals surface area contributed by atoms with Crippen molar-refractivity contribution in [3.05, 3.63) is 0 Å². The van der Waals surface area contributed by atoms with Crippen LogP contribution in [0.4, 0.5) is 0 Å². The van der Waals surface area contributed by atoms with Crippen molar-refractivity contribution >= 4 is 5.91 Å². The predicted molar refractivity (Wildman–Crippen MR) is 83.6 cm³/mol. The number of nitrogens with one attached hydrogen (secondary N) is 1. The summed E-state index contributed by atoms with van der Waals surface area (Å²) in [6, 6.07) is 0.745. The van der Waals surface area contributed by atoms with Crippen LogP contribution in [0.2, 0.25) is 0 Å². The average Bonchev–Trinajstić information content (AvgIpc) is 2.38. The molecule has 3 N–H and O–H groups in total. The minimum atomic E-state index is -0.0155. The average molecular weight is 290 g/mol. The first kappa shape index (κ1) is 14.0. The van der Waals surface area contributed by atoms with Crippen LogP contribution >= 0.6 is 0 Å². The number of nitrogens with two attached hydrogens (primary N) is 1. The molecular formula is C18H30N2O. The molecule has 5 saturated carbocycles. The minimum absolute atomic E-state index is 0.0155. The molecule has 5 rings (SSSR count). The maximum absolute atomic E-state index is 13.0. The van der Waals surface area contributed by atoms with Crippen LogP contribution in [-0.4, -0.2) is 18.0 Å². The minimum Gasteiger partial charge on any atom is -0.353 e. The Morgan fingerprint density at radius 2 is 1.67 bits per heavy atom. The molecule has 118 valence electrons. The van der Waals surface area contributed by atoms with Gasteiger partial charge < -0.3 is 11.1 Å². The van der Waals surface area contributed by atoms with Gasteiger partial charge in [0.2, 0.25) is 5.91 Å². The van der Waals surface area contributed by atoms with Crippen molar-refractivity contribution in [3.63, 3.8) is 0 Å². The van der Waals surface area contributed by atoms with E-state index in [0.29, 0.717) is 23.4 Å². The fourth-order valence-electron chi connectivity index (χ4n) is 6.59. The molecule has 0 aromatic heterocycles. The molecule has 5 aliphatic rings. The van der Waals surface area contributed by atoms with Gasteiger partial charge in [-0.3, -0.25) is 4.79 Å². The van der Waals surface area contributed by atoms with Crippen molar-refractivity contribution in [3.8, 4) is 0 Å². The second kappa shape index (κ2) is 4.71. The number of hydrogen-bond donors (Lipinski definition) is 2. The summed E-state index contributed by atoms with van der Waals surface area (Å²) in [6.45, 7) is 2.44. The highest BCUT2D eigenvalue weighted by atomic mass is 16.2. The normalized spacial score (nSPS) is 51.9. The molecule has 1 amide bonds. The number of rotatable bonds is 2. The highest BCUT2D eigenvalue weighted by Gasteiger charge is 2.58. The van der Waals surface area contributed by atoms with Crippen molar-refractivity contribution < 1.29 is 4.79 Å². The second-order valence-electron chi connectivity index (χ2n) is 9.14. The zero-order valence-corrected chi connectivity index (χ0v) is 13.4. The van der Waals surface area contributed by atoms with Gasteiger partial charge in [-0.15, -0.1) is 0 Å². The lowest BCUT2D eigenvalue weighted by molar-refractivity contribution is -0.156. The topological polar surface area (TPSA) is 55.1 Å². The highest BCUT2D eigenvalue weighted by molar-refractivity contribution is 5.83. The maximum atomic E-state index is 13.0. The van der Waals surface area contributed by atoms with Gasteiger partial charge in [0.15, 0.2) is 0 Å². The molecule has 0 aromatic carbocycles. The molecular weight excluding hydrogens is 260 g/mol. The van der Waals surface area contributed by atoms with Crippen LogP contribution in [0.1, 0.15) is 71.1 Å². The largest absolute Gasteiger partial charge is 0.353 e. The first-order chi connectivity index (χ1) is 9.96. The molecule has 4 bridgehead atoms. The van der Waals surface area contributed by atoms with Crippen LogP contribution in [0.3, 0.4) is 0 Å². The lowest BCUT2D eigenvalue weighted by Gasteiger charge is -2.60. The summed E-state index contributed by atoms with van der Waals surface area (Å²) in [7, 11) is 0. The summed E-state index contributed by atoms with van der Waals surface area (Å²) in [5, 5.41) is 3.42. The fraction of sp³-hybridized carbons (Fsp3) is 0.944. The van der Waals surface area contributed by atoms with Crippen molar-refractivity contribution in [2.45, 2.75) is 83.2 Å². The van der Waals surface area contributed by atoms with Crippen LogP contribution < -0.4 is 11.1 Å². The van der Waals surface area contributed by atoms with Crippen molar-refractivity contribution in [1.29, 1.82) is 0 Å². The molecule has 2 unspecified atom stereocenters. The number of hydrogen-bond acceptors (Lipinski definition) is 2. The van der Waals surface area contributed by atoms with E-state index in [1.807, 2.05) is 0 Å². The van der Waals surface area contributed by atoms with Crippen LogP contribution in [-0.2, 0) is 4.79 Å². The van der Waals surface area contributed by atoms with E-state index in [1.54, 1.807) is 0 Å². The van der Waals surface area contributed by atoms with E-state index in [0.717, 1.165) is 56.8 Å². The van der Waals surface area contributed by atoms with Crippen LogP contribution in [0.5, 0.6) is 0 Å². The summed E-state index contributed by atoms with van der Waals surface area (Å²) in [6.07, 6.45) is 11.9. The molecule has 0 heterocycles. The molecule has 0 spiro atoms. The van der Waals surface area contributed by atoms with Gasteiger partial charge in [0.25, 0.3) is 0 Å². The third-order valence-corrected chi connectivity index (χ3v) is 6.94. The molecule has 21 heavy (non-hydrogen) atoms. The number of carbonyl (C=O) groups is 1. The molecule has 0 aliphatic heterocycles. The molecule has 0 aromatic rings. The summed E-state index contributed by atoms with van der Waals surface area (Å²) in [5.41, 5.74) is 6.42. The third kappa shape index (κ3) is 2.42. The summed E-state index contributed by atoms with van der Waals surface area (Å²) in [5.74, 6) is 2.03. The highest BCUT2D eigenvalue weighted by Crippen LogP contribution is 2.65. The van der Waals surface area contributed by atoms with E-state index in [-0.39, 0.29) is 5.41 Å². The lowest BCUT2D eigenvalue weighted by atomic mass is 9.44. The van der Waals surface area contributed by atoms with Crippen molar-refractivity contribution in [2.24, 2.45) is 28.4 Å². The second-order valence-corrected chi connectivity index (χ2v) is 9.14. The Balaban J connectivity index is 1.46. The predicted octanol–water partition coefficient (Wildman–Crippen LogP) is 2.98. The van der Waals surface area contributed by atoms with E-state index in [2.05, 4.69) is 12.2 Å². The number of carbonyl (C=O) groups excluding carboxylic acids is 1. The smallest absolute Gasteiger partial charge is 0.226 e. The van der Waals surface area contributed by atoms with Gasteiger partial charge in [0, 0.05) is 12.1 Å². The van der Waals surface area contributed by atoms with Crippen LogP contribution in [0.15, 0.2) is 0 Å². The summed E-state index contributed by atoms with van der Waals surface area (Å²) in [4.78, 5) is 13.0. The zero-order valence-electron chi connectivity index (χ0n) is 13.4. The van der Waals surface area contributed by atoms with E-state index in [4.69, 9.17) is 5.73 Å². The Morgan fingerprint density at radius 1 is 1.05 bits per heavy atom. The first-order valence-corrected chi connectivity index (χ1v) is 9.03. The summed E-state index contributed by atoms with van der Waals surface area (Å²) >= 11 is 0. The SMILES string of the molecule is CC12CC3CC(C1)CC(C(=O)NC1CCC(N)CC1)(C3)C2. The van der Waals surface area contributed by atoms with Crippen molar-refractivity contribution in [2.75, 3.05) is 0 Å². The molecule has 3 heteroatoms. The van der Waals surface area contributed by atoms with Crippen molar-refractivity contribution in [1.82, 2.24) is 5.32 Å². The Bertz CT molecular complexity index is 424. The van der Waals surface area contributed by atoms with Crippen LogP contribution in [0.25, 0.3) is 0 Å². The van der Waals surface area contributed by atoms with E-state index >= 15 is 0 Å². The molecule has 5 fully saturated rings. The monoisotopic (exact) mass is 290 g/mol. The third-order valence-electron chi connectivity index (χ3n) is 6.94. The van der Waals surface area contributed by atoms with Gasteiger partial charge in [-0.05, 0) is 81.5 Å². The van der Waals surface area contributed by atoms with Gasteiger partial charge >= 0.3 is 0 Å². The summed E-state index contributed by atoms with van der Waals surface area (Å²) < 4.78 is 0. The van der Waals surface area contributed by atoms with Gasteiger partial charge in [-0.25, -0.2) is 0 Å². The Kier molecular flexibility index (Phi) is 3.15. The standard InChI is InChI=1S/C18H30N2O/c1-17-7-12-6-13(8-17)10-18(9-12,11-17)16(21)20-15-4-2-14(19)3-5-15/h12-15H,2-11,19H2,1H3,(H,20,21). The first-order valence-electron chi connectivity index (χ1n) is 9.03. The van der Waals surface area contributed by atoms with E-state index in [9.17, 15) is 4.79 Å². The van der Waals surface area contributed by atoms with Gasteiger partial charge in [-0.1, -0.05) is 6.92 Å². The van der Waals surface area contributed by atoms with Gasteiger partial charge in [-0.2, -0.15) is 0 Å².